The Labute approximate surface area is 135 Å². The minimum atomic E-state index is -0.327. The molecule has 0 unspecified atom stereocenters. The highest BCUT2D eigenvalue weighted by molar-refractivity contribution is 6.07. The smallest absolute Gasteiger partial charge is 0.255 e. The highest BCUT2D eigenvalue weighted by atomic mass is 16.5. The van der Waals surface area contributed by atoms with E-state index in [-0.39, 0.29) is 17.6 Å². The second kappa shape index (κ2) is 6.96. The molecular formula is C18H20N2O3. The van der Waals surface area contributed by atoms with Gasteiger partial charge in [0.15, 0.2) is 5.78 Å². The van der Waals surface area contributed by atoms with E-state index >= 15 is 0 Å². The average molecular weight is 312 g/mol. The summed E-state index contributed by atoms with van der Waals surface area (Å²) in [5.41, 5.74) is 7.67. The number of Topliss-reactive ketones (excluding diaryl/α,β-unsaturated/α-hetero) is 1. The third-order valence-corrected chi connectivity index (χ3v) is 3.41. The highest BCUT2D eigenvalue weighted by Crippen LogP contribution is 2.27. The van der Waals surface area contributed by atoms with Crippen molar-refractivity contribution in [1.29, 1.82) is 0 Å². The molecule has 0 aliphatic heterocycles. The molecule has 0 aliphatic rings. The molecule has 5 heteroatoms. The largest absolute Gasteiger partial charge is 0.495 e. The van der Waals surface area contributed by atoms with Gasteiger partial charge in [0, 0.05) is 22.7 Å². The van der Waals surface area contributed by atoms with E-state index in [0.29, 0.717) is 28.3 Å². The Bertz CT molecular complexity index is 739. The van der Waals surface area contributed by atoms with Crippen molar-refractivity contribution in [2.24, 2.45) is 5.92 Å². The van der Waals surface area contributed by atoms with Gasteiger partial charge in [-0.2, -0.15) is 0 Å². The lowest BCUT2D eigenvalue weighted by molar-refractivity contribution is 0.0939. The Morgan fingerprint density at radius 1 is 1.09 bits per heavy atom. The molecule has 23 heavy (non-hydrogen) atoms. The van der Waals surface area contributed by atoms with Gasteiger partial charge in [0.2, 0.25) is 0 Å². The van der Waals surface area contributed by atoms with Gasteiger partial charge in [0.05, 0.1) is 12.8 Å². The molecule has 2 aromatic rings. The topological polar surface area (TPSA) is 81.4 Å². The number of hydrogen-bond donors (Lipinski definition) is 2. The minimum absolute atomic E-state index is 0.00110. The van der Waals surface area contributed by atoms with E-state index in [1.807, 2.05) is 13.8 Å². The summed E-state index contributed by atoms with van der Waals surface area (Å²) in [6.07, 6.45) is 0. The highest BCUT2D eigenvalue weighted by Gasteiger charge is 2.14. The SMILES string of the molecule is COc1ccc(N)cc1NC(=O)c1cccc(C(=O)C(C)C)c1. The molecule has 0 spiro atoms. The Hall–Kier alpha value is -2.82. The van der Waals surface area contributed by atoms with Gasteiger partial charge < -0.3 is 15.8 Å². The van der Waals surface area contributed by atoms with Gasteiger partial charge in [-0.25, -0.2) is 0 Å². The number of anilines is 2. The summed E-state index contributed by atoms with van der Waals surface area (Å²) in [5, 5.41) is 2.76. The van der Waals surface area contributed by atoms with E-state index in [1.165, 1.54) is 7.11 Å². The maximum atomic E-state index is 12.4. The molecule has 0 heterocycles. The van der Waals surface area contributed by atoms with Crippen LogP contribution in [0, 0.1) is 5.92 Å². The number of nitrogen functional groups attached to an aromatic ring is 1. The quantitative estimate of drug-likeness (QED) is 0.655. The van der Waals surface area contributed by atoms with Crippen LogP contribution in [0.1, 0.15) is 34.6 Å². The first-order valence-electron chi connectivity index (χ1n) is 7.31. The molecule has 3 N–H and O–H groups in total. The van der Waals surface area contributed by atoms with E-state index in [4.69, 9.17) is 10.5 Å². The number of rotatable bonds is 5. The molecule has 2 rings (SSSR count). The molecule has 0 saturated carbocycles. The number of carbonyl (C=O) groups excluding carboxylic acids is 2. The van der Waals surface area contributed by atoms with Crippen molar-refractivity contribution in [3.8, 4) is 5.75 Å². The number of benzene rings is 2. The number of amides is 1. The van der Waals surface area contributed by atoms with E-state index in [0.717, 1.165) is 0 Å². The van der Waals surface area contributed by atoms with Crippen LogP contribution in [-0.2, 0) is 0 Å². The zero-order valence-electron chi connectivity index (χ0n) is 13.4. The van der Waals surface area contributed by atoms with Gasteiger partial charge in [-0.15, -0.1) is 0 Å². The summed E-state index contributed by atoms with van der Waals surface area (Å²) >= 11 is 0. The van der Waals surface area contributed by atoms with Crippen LogP contribution in [0.4, 0.5) is 11.4 Å². The first-order chi connectivity index (χ1) is 10.9. The molecule has 0 aromatic heterocycles. The lowest BCUT2D eigenvalue weighted by Gasteiger charge is -2.11. The second-order valence-corrected chi connectivity index (χ2v) is 5.51. The van der Waals surface area contributed by atoms with Crippen molar-refractivity contribution in [3.05, 3.63) is 53.6 Å². The summed E-state index contributed by atoms with van der Waals surface area (Å²) in [4.78, 5) is 24.5. The number of methoxy groups -OCH3 is 1. The fraction of sp³-hybridized carbons (Fsp3) is 0.222. The van der Waals surface area contributed by atoms with Crippen LogP contribution in [0.3, 0.4) is 0 Å². The number of ether oxygens (including phenoxy) is 1. The summed E-state index contributed by atoms with van der Waals surface area (Å²) in [7, 11) is 1.52. The van der Waals surface area contributed by atoms with Crippen LogP contribution in [-0.4, -0.2) is 18.8 Å². The van der Waals surface area contributed by atoms with Gasteiger partial charge in [-0.3, -0.25) is 9.59 Å². The minimum Gasteiger partial charge on any atom is -0.495 e. The molecule has 2 aromatic carbocycles. The zero-order valence-corrected chi connectivity index (χ0v) is 13.4. The number of hydrogen-bond acceptors (Lipinski definition) is 4. The average Bonchev–Trinajstić information content (AvgIpc) is 2.54. The van der Waals surface area contributed by atoms with E-state index in [1.54, 1.807) is 42.5 Å². The summed E-state index contributed by atoms with van der Waals surface area (Å²) in [6.45, 7) is 3.65. The lowest BCUT2D eigenvalue weighted by atomic mass is 9.99. The van der Waals surface area contributed by atoms with Crippen molar-refractivity contribution in [2.45, 2.75) is 13.8 Å². The first kappa shape index (κ1) is 16.5. The normalized spacial score (nSPS) is 10.4. The van der Waals surface area contributed by atoms with Gasteiger partial charge in [0.25, 0.3) is 5.91 Å². The van der Waals surface area contributed by atoms with Gasteiger partial charge in [0.1, 0.15) is 5.75 Å². The molecule has 120 valence electrons. The summed E-state index contributed by atoms with van der Waals surface area (Å²) in [6, 6.07) is 11.7. The van der Waals surface area contributed by atoms with Gasteiger partial charge in [-0.05, 0) is 30.3 Å². The molecular weight excluding hydrogens is 292 g/mol. The first-order valence-corrected chi connectivity index (χ1v) is 7.31. The Morgan fingerprint density at radius 3 is 2.43 bits per heavy atom. The summed E-state index contributed by atoms with van der Waals surface area (Å²) < 4.78 is 5.21. The molecule has 0 bridgehead atoms. The van der Waals surface area contributed by atoms with Crippen molar-refractivity contribution in [1.82, 2.24) is 0 Å². The van der Waals surface area contributed by atoms with E-state index in [9.17, 15) is 9.59 Å². The van der Waals surface area contributed by atoms with Crippen LogP contribution in [0.5, 0.6) is 5.75 Å². The van der Waals surface area contributed by atoms with Crippen molar-refractivity contribution < 1.29 is 14.3 Å². The number of ketones is 1. The van der Waals surface area contributed by atoms with Crippen LogP contribution in [0.25, 0.3) is 0 Å². The Balaban J connectivity index is 2.26. The molecule has 1 amide bonds. The number of nitrogens with two attached hydrogens (primary N) is 1. The van der Waals surface area contributed by atoms with Crippen LogP contribution in [0.2, 0.25) is 0 Å². The predicted molar refractivity (Wildman–Crippen MR) is 91.0 cm³/mol. The molecule has 0 fully saturated rings. The third kappa shape index (κ3) is 3.88. The van der Waals surface area contributed by atoms with E-state index in [2.05, 4.69) is 5.32 Å². The van der Waals surface area contributed by atoms with Crippen LogP contribution >= 0.6 is 0 Å². The predicted octanol–water partition coefficient (Wildman–Crippen LogP) is 3.37. The fourth-order valence-corrected chi connectivity index (χ4v) is 2.16. The van der Waals surface area contributed by atoms with E-state index < -0.39 is 0 Å². The molecule has 0 aliphatic carbocycles. The Kier molecular flexibility index (Phi) is 5.01. The Morgan fingerprint density at radius 2 is 1.78 bits per heavy atom. The third-order valence-electron chi connectivity index (χ3n) is 3.41. The maximum Gasteiger partial charge on any atom is 0.255 e. The van der Waals surface area contributed by atoms with Crippen molar-refractivity contribution in [3.63, 3.8) is 0 Å². The number of carbonyl (C=O) groups is 2. The maximum absolute atomic E-state index is 12.4. The second-order valence-electron chi connectivity index (χ2n) is 5.51. The summed E-state index contributed by atoms with van der Waals surface area (Å²) in [5.74, 6) is 0.0674. The van der Waals surface area contributed by atoms with Crippen molar-refractivity contribution in [2.75, 3.05) is 18.2 Å². The monoisotopic (exact) mass is 312 g/mol. The zero-order chi connectivity index (χ0) is 17.0. The molecule has 5 nitrogen and oxygen atoms in total. The molecule has 0 radical (unpaired) electrons. The van der Waals surface area contributed by atoms with Crippen LogP contribution < -0.4 is 15.8 Å². The standard InChI is InChI=1S/C18H20N2O3/c1-11(2)17(21)12-5-4-6-13(9-12)18(22)20-15-10-14(19)7-8-16(15)23-3/h4-11H,19H2,1-3H3,(H,20,22). The van der Waals surface area contributed by atoms with Crippen LogP contribution in [0.15, 0.2) is 42.5 Å². The van der Waals surface area contributed by atoms with Gasteiger partial charge in [-0.1, -0.05) is 26.0 Å². The van der Waals surface area contributed by atoms with Crippen molar-refractivity contribution >= 4 is 23.1 Å². The lowest BCUT2D eigenvalue weighted by Crippen LogP contribution is -2.14. The molecule has 0 saturated heterocycles. The molecule has 0 atom stereocenters. The van der Waals surface area contributed by atoms with Gasteiger partial charge >= 0.3 is 0 Å². The fourth-order valence-electron chi connectivity index (χ4n) is 2.16. The number of nitrogens with one attached hydrogen (secondary N) is 1.